The van der Waals surface area contributed by atoms with E-state index in [9.17, 15) is 5.11 Å². The van der Waals surface area contributed by atoms with Crippen molar-refractivity contribution in [3.8, 4) is 12.3 Å². The molecule has 2 N–H and O–H groups in total. The topological polar surface area (TPSA) is 47.9 Å². The minimum atomic E-state index is -0.349. The summed E-state index contributed by atoms with van der Waals surface area (Å²) in [5.41, 5.74) is 3.46. The quantitative estimate of drug-likeness (QED) is 0.695. The molecule has 4 nitrogen and oxygen atoms in total. The lowest BCUT2D eigenvalue weighted by Gasteiger charge is -2.31. The van der Waals surface area contributed by atoms with Crippen LogP contribution < -0.4 is 5.32 Å². The first-order valence-corrected chi connectivity index (χ1v) is 6.83. The number of terminal acetylenes is 1. The van der Waals surface area contributed by atoms with Crippen molar-refractivity contribution in [2.45, 2.75) is 32.8 Å². The third-order valence-corrected chi connectivity index (χ3v) is 3.56. The van der Waals surface area contributed by atoms with Crippen molar-refractivity contribution in [2.24, 2.45) is 4.99 Å². The first kappa shape index (κ1) is 15.7. The van der Waals surface area contributed by atoms with Crippen molar-refractivity contribution in [1.82, 2.24) is 10.2 Å². The summed E-state index contributed by atoms with van der Waals surface area (Å²) < 4.78 is 0. The van der Waals surface area contributed by atoms with Crippen LogP contribution in [-0.4, -0.2) is 55.0 Å². The van der Waals surface area contributed by atoms with Gasteiger partial charge in [0.05, 0.1) is 11.8 Å². The molecule has 2 fully saturated rings. The van der Waals surface area contributed by atoms with Crippen LogP contribution in [0.25, 0.3) is 0 Å². The van der Waals surface area contributed by atoms with Crippen molar-refractivity contribution in [2.75, 3.05) is 33.2 Å². The summed E-state index contributed by atoms with van der Waals surface area (Å²) in [6, 6.07) is 0. The van der Waals surface area contributed by atoms with Crippen LogP contribution in [0, 0.1) is 12.3 Å². The number of nitrogens with one attached hydrogen (secondary N) is 1. The van der Waals surface area contributed by atoms with E-state index in [1.165, 1.54) is 11.3 Å². The average Bonchev–Trinajstić information content (AvgIpc) is 2.81. The Morgan fingerprint density at radius 3 is 2.58 bits per heavy atom. The third-order valence-electron chi connectivity index (χ3n) is 3.56. The Kier molecular flexibility index (Phi) is 6.61. The van der Waals surface area contributed by atoms with Gasteiger partial charge in [0.2, 0.25) is 0 Å². The van der Waals surface area contributed by atoms with Crippen LogP contribution in [-0.2, 0) is 0 Å². The molecule has 1 saturated carbocycles. The van der Waals surface area contributed by atoms with E-state index in [0.717, 1.165) is 44.7 Å². The maximum absolute atomic E-state index is 9.81. The molecule has 0 bridgehead atoms. The van der Waals surface area contributed by atoms with Gasteiger partial charge < -0.3 is 15.3 Å². The predicted octanol–water partition coefficient (Wildman–Crippen LogP) is 1.03. The molecule has 1 aliphatic heterocycles. The number of rotatable bonds is 1. The predicted molar refractivity (Wildman–Crippen MR) is 80.2 cm³/mol. The van der Waals surface area contributed by atoms with E-state index in [0.29, 0.717) is 0 Å². The highest BCUT2D eigenvalue weighted by Crippen LogP contribution is 2.27. The second kappa shape index (κ2) is 7.98. The molecule has 2 aliphatic rings. The van der Waals surface area contributed by atoms with Gasteiger partial charge in [-0.1, -0.05) is 0 Å². The van der Waals surface area contributed by atoms with Gasteiger partial charge in [0.25, 0.3) is 0 Å². The number of nitrogens with zero attached hydrogens (tertiary/aromatic N) is 2. The number of aliphatic imine (C=N–C) groups is 1. The van der Waals surface area contributed by atoms with Crippen LogP contribution in [0.1, 0.15) is 26.7 Å². The number of hydrogen-bond acceptors (Lipinski definition) is 4. The Balaban J connectivity index is 0.000000550. The molecule has 0 aromatic heterocycles. The fourth-order valence-electron chi connectivity index (χ4n) is 2.59. The summed E-state index contributed by atoms with van der Waals surface area (Å²) in [6.45, 7) is 8.02. The van der Waals surface area contributed by atoms with Gasteiger partial charge in [0.1, 0.15) is 0 Å². The summed E-state index contributed by atoms with van der Waals surface area (Å²) in [4.78, 5) is 6.63. The minimum Gasteiger partial charge on any atom is -0.387 e. The second-order valence-electron chi connectivity index (χ2n) is 4.75. The summed E-state index contributed by atoms with van der Waals surface area (Å²) >= 11 is 0. The number of allylic oxidation sites excluding steroid dienone is 1. The highest BCUT2D eigenvalue weighted by atomic mass is 16.3. The molecule has 0 amide bonds. The number of piperazine rings is 1. The smallest absolute Gasteiger partial charge is 0.0961 e. The maximum Gasteiger partial charge on any atom is 0.0961 e. The Morgan fingerprint density at radius 1 is 1.47 bits per heavy atom. The lowest BCUT2D eigenvalue weighted by molar-refractivity contribution is 0.242. The molecular formula is C15H25N3O. The van der Waals surface area contributed by atoms with Crippen LogP contribution in [0.3, 0.4) is 0 Å². The van der Waals surface area contributed by atoms with Crippen molar-refractivity contribution >= 4 is 5.71 Å². The average molecular weight is 263 g/mol. The molecule has 4 heteroatoms. The molecule has 1 saturated heterocycles. The normalized spacial score (nSPS) is 27.6. The fraction of sp³-hybridized carbons (Fsp3) is 0.667. The number of aliphatic hydroxyl groups excluding tert-OH is 1. The highest BCUT2D eigenvalue weighted by Gasteiger charge is 2.27. The molecule has 0 aromatic rings. The van der Waals surface area contributed by atoms with Gasteiger partial charge in [-0.05, 0) is 32.3 Å². The third kappa shape index (κ3) is 4.09. The maximum atomic E-state index is 9.81. The van der Waals surface area contributed by atoms with Gasteiger partial charge in [-0.2, -0.15) is 0 Å². The van der Waals surface area contributed by atoms with Gasteiger partial charge in [0.15, 0.2) is 0 Å². The van der Waals surface area contributed by atoms with Crippen LogP contribution in [0.2, 0.25) is 0 Å². The van der Waals surface area contributed by atoms with E-state index < -0.39 is 0 Å². The molecule has 0 radical (unpaired) electrons. The number of aliphatic hydroxyl groups is 1. The summed E-state index contributed by atoms with van der Waals surface area (Å²) in [6.07, 6.45) is 6.03. The van der Waals surface area contributed by atoms with E-state index in [4.69, 9.17) is 0 Å². The van der Waals surface area contributed by atoms with E-state index in [-0.39, 0.29) is 6.10 Å². The van der Waals surface area contributed by atoms with Gasteiger partial charge >= 0.3 is 0 Å². The monoisotopic (exact) mass is 263 g/mol. The molecule has 2 rings (SSSR count). The zero-order chi connectivity index (χ0) is 14.3. The fourth-order valence-corrected chi connectivity index (χ4v) is 2.59. The lowest BCUT2D eigenvalue weighted by Crippen LogP contribution is -2.42. The second-order valence-corrected chi connectivity index (χ2v) is 4.75. The van der Waals surface area contributed by atoms with Crippen LogP contribution in [0.15, 0.2) is 16.3 Å². The standard InChI is InChI=1S/C12H21N3O.C3H4/c1-9(15-7-5-14-6-8-15)10-3-4-11(16)12(10)13-2;1-3-2/h11,14,16H,3-8H2,1-2H3;1H,2H3/b10-9+,13-12?;. The Bertz CT molecular complexity index is 387. The molecule has 1 heterocycles. The Hall–Kier alpha value is -1.31. The van der Waals surface area contributed by atoms with Crippen molar-refractivity contribution < 1.29 is 5.11 Å². The summed E-state index contributed by atoms with van der Waals surface area (Å²) in [5, 5.41) is 13.2. The van der Waals surface area contributed by atoms with Gasteiger partial charge in [-0.3, -0.25) is 4.99 Å². The zero-order valence-corrected chi connectivity index (χ0v) is 12.2. The van der Waals surface area contributed by atoms with Crippen LogP contribution >= 0.6 is 0 Å². The molecule has 1 atom stereocenters. The minimum absolute atomic E-state index is 0.349. The SMILES string of the molecule is C#CC.CN=C1/C(=C(\C)N2CCNCC2)CCC1O. The van der Waals surface area contributed by atoms with Crippen molar-refractivity contribution in [3.05, 3.63) is 11.3 Å². The Morgan fingerprint density at radius 2 is 2.05 bits per heavy atom. The van der Waals surface area contributed by atoms with Crippen LogP contribution in [0.4, 0.5) is 0 Å². The molecule has 106 valence electrons. The van der Waals surface area contributed by atoms with E-state index in [2.05, 4.69) is 34.5 Å². The van der Waals surface area contributed by atoms with E-state index >= 15 is 0 Å². The van der Waals surface area contributed by atoms with Crippen molar-refractivity contribution in [1.29, 1.82) is 0 Å². The molecular weight excluding hydrogens is 238 g/mol. The van der Waals surface area contributed by atoms with Gasteiger partial charge in [-0.25, -0.2) is 0 Å². The van der Waals surface area contributed by atoms with Crippen LogP contribution in [0.5, 0.6) is 0 Å². The zero-order valence-electron chi connectivity index (χ0n) is 12.2. The highest BCUT2D eigenvalue weighted by molar-refractivity contribution is 6.05. The summed E-state index contributed by atoms with van der Waals surface area (Å²) in [5.74, 6) is 2.25. The van der Waals surface area contributed by atoms with E-state index in [1.54, 1.807) is 14.0 Å². The lowest BCUT2D eigenvalue weighted by atomic mass is 10.1. The molecule has 0 spiro atoms. The molecule has 19 heavy (non-hydrogen) atoms. The van der Waals surface area contributed by atoms with Gasteiger partial charge in [-0.15, -0.1) is 12.3 Å². The molecule has 1 unspecified atom stereocenters. The summed E-state index contributed by atoms with van der Waals surface area (Å²) in [7, 11) is 1.77. The van der Waals surface area contributed by atoms with Gasteiger partial charge in [0, 0.05) is 38.9 Å². The largest absolute Gasteiger partial charge is 0.387 e. The number of hydrogen-bond donors (Lipinski definition) is 2. The first-order chi connectivity index (χ1) is 9.15. The first-order valence-electron chi connectivity index (χ1n) is 6.83. The Labute approximate surface area is 116 Å². The van der Waals surface area contributed by atoms with Crippen molar-refractivity contribution in [3.63, 3.8) is 0 Å². The molecule has 0 aromatic carbocycles. The molecule has 1 aliphatic carbocycles. The van der Waals surface area contributed by atoms with E-state index in [1.807, 2.05) is 0 Å².